The van der Waals surface area contributed by atoms with Gasteiger partial charge in [-0.1, -0.05) is 27.2 Å². The largest absolute Gasteiger partial charge is 0.481 e. The van der Waals surface area contributed by atoms with Crippen molar-refractivity contribution in [1.29, 1.82) is 0 Å². The van der Waals surface area contributed by atoms with Crippen molar-refractivity contribution in [3.05, 3.63) is 0 Å². The third-order valence-electron chi connectivity index (χ3n) is 3.20. The van der Waals surface area contributed by atoms with E-state index in [2.05, 4.69) is 0 Å². The second-order valence-electron chi connectivity index (χ2n) is 5.24. The molecule has 0 radical (unpaired) electrons. The molecule has 1 atom stereocenters. The Hall–Kier alpha value is -1.39. The van der Waals surface area contributed by atoms with E-state index >= 15 is 0 Å². The molecule has 1 aliphatic heterocycles. The standard InChI is InChI=1S/C12H19NO4/c1-4-8(5-10(15)16)7-13-9(14)6-12(2,3)11(13)17/h8H,4-7H2,1-3H3,(H,15,16). The molecule has 0 spiro atoms. The van der Waals surface area contributed by atoms with Gasteiger partial charge in [-0.05, 0) is 5.92 Å². The number of hydrogen-bond donors (Lipinski definition) is 1. The molecule has 0 saturated carbocycles. The molecule has 1 fully saturated rings. The molecule has 2 amide bonds. The highest BCUT2D eigenvalue weighted by Gasteiger charge is 2.45. The Bertz CT molecular complexity index is 348. The van der Waals surface area contributed by atoms with Gasteiger partial charge in [0.25, 0.3) is 0 Å². The lowest BCUT2D eigenvalue weighted by Crippen LogP contribution is -2.37. The lowest BCUT2D eigenvalue weighted by atomic mass is 9.92. The lowest BCUT2D eigenvalue weighted by Gasteiger charge is -2.22. The van der Waals surface area contributed by atoms with Crippen LogP contribution in [-0.2, 0) is 14.4 Å². The summed E-state index contributed by atoms with van der Waals surface area (Å²) < 4.78 is 0. The van der Waals surface area contributed by atoms with E-state index in [9.17, 15) is 14.4 Å². The van der Waals surface area contributed by atoms with Gasteiger partial charge in [0.1, 0.15) is 0 Å². The van der Waals surface area contributed by atoms with Crippen molar-refractivity contribution in [1.82, 2.24) is 4.90 Å². The molecular formula is C12H19NO4. The Kier molecular flexibility index (Phi) is 3.91. The van der Waals surface area contributed by atoms with Gasteiger partial charge in [0.15, 0.2) is 0 Å². The molecule has 0 aromatic carbocycles. The van der Waals surface area contributed by atoms with Crippen LogP contribution in [0.25, 0.3) is 0 Å². The van der Waals surface area contributed by atoms with Gasteiger partial charge in [-0.2, -0.15) is 0 Å². The van der Waals surface area contributed by atoms with Gasteiger partial charge < -0.3 is 5.11 Å². The van der Waals surface area contributed by atoms with E-state index in [0.717, 1.165) is 0 Å². The first-order chi connectivity index (χ1) is 7.77. The molecule has 5 heteroatoms. The molecule has 0 aromatic rings. The van der Waals surface area contributed by atoms with E-state index in [4.69, 9.17) is 5.11 Å². The Balaban J connectivity index is 2.71. The minimum absolute atomic E-state index is 0.00596. The quantitative estimate of drug-likeness (QED) is 0.735. The number of rotatable bonds is 5. The van der Waals surface area contributed by atoms with E-state index in [1.807, 2.05) is 6.92 Å². The summed E-state index contributed by atoms with van der Waals surface area (Å²) in [7, 11) is 0. The molecule has 1 heterocycles. The zero-order valence-corrected chi connectivity index (χ0v) is 10.5. The highest BCUT2D eigenvalue weighted by atomic mass is 16.4. The van der Waals surface area contributed by atoms with Gasteiger partial charge in [-0.15, -0.1) is 0 Å². The van der Waals surface area contributed by atoms with Gasteiger partial charge in [-0.3, -0.25) is 19.3 Å². The second-order valence-corrected chi connectivity index (χ2v) is 5.24. The third-order valence-corrected chi connectivity index (χ3v) is 3.20. The molecule has 1 saturated heterocycles. The highest BCUT2D eigenvalue weighted by molar-refractivity contribution is 6.05. The van der Waals surface area contributed by atoms with Crippen molar-refractivity contribution in [2.75, 3.05) is 6.54 Å². The zero-order chi connectivity index (χ0) is 13.2. The molecule has 96 valence electrons. The number of carboxylic acid groups (broad SMARTS) is 1. The number of carbonyl (C=O) groups excluding carboxylic acids is 2. The van der Waals surface area contributed by atoms with Crippen LogP contribution >= 0.6 is 0 Å². The number of hydrogen-bond acceptors (Lipinski definition) is 3. The van der Waals surface area contributed by atoms with Gasteiger partial charge in [0.05, 0.1) is 5.41 Å². The van der Waals surface area contributed by atoms with Crippen LogP contribution in [0.2, 0.25) is 0 Å². The van der Waals surface area contributed by atoms with Gasteiger partial charge in [-0.25, -0.2) is 0 Å². The minimum atomic E-state index is -0.893. The molecule has 1 rings (SSSR count). The topological polar surface area (TPSA) is 74.7 Å². The summed E-state index contributed by atoms with van der Waals surface area (Å²) in [5.74, 6) is -1.43. The van der Waals surface area contributed by atoms with Gasteiger partial charge >= 0.3 is 5.97 Å². The predicted octanol–water partition coefficient (Wildman–Crippen LogP) is 1.27. The first-order valence-corrected chi connectivity index (χ1v) is 5.84. The summed E-state index contributed by atoms with van der Waals surface area (Å²) in [6, 6.07) is 0. The molecule has 0 aromatic heterocycles. The van der Waals surface area contributed by atoms with Crippen LogP contribution in [0.5, 0.6) is 0 Å². The first-order valence-electron chi connectivity index (χ1n) is 5.84. The van der Waals surface area contributed by atoms with E-state index in [1.54, 1.807) is 13.8 Å². The summed E-state index contributed by atoms with van der Waals surface area (Å²) in [6.45, 7) is 5.57. The molecule has 0 bridgehead atoms. The average Bonchev–Trinajstić information content (AvgIpc) is 2.38. The van der Waals surface area contributed by atoms with Crippen molar-refractivity contribution in [2.45, 2.75) is 40.0 Å². The number of carbonyl (C=O) groups is 3. The van der Waals surface area contributed by atoms with Crippen LogP contribution in [0.15, 0.2) is 0 Å². The Morgan fingerprint density at radius 2 is 2.06 bits per heavy atom. The summed E-state index contributed by atoms with van der Waals surface area (Å²) in [4.78, 5) is 35.5. The zero-order valence-electron chi connectivity index (χ0n) is 10.5. The molecule has 1 unspecified atom stereocenters. The van der Waals surface area contributed by atoms with Crippen LogP contribution < -0.4 is 0 Å². The SMILES string of the molecule is CCC(CC(=O)O)CN1C(=O)CC(C)(C)C1=O. The number of amides is 2. The second kappa shape index (κ2) is 4.85. The van der Waals surface area contributed by atoms with Crippen molar-refractivity contribution in [3.8, 4) is 0 Å². The number of carboxylic acids is 1. The number of nitrogens with zero attached hydrogens (tertiary/aromatic N) is 1. The number of aliphatic carboxylic acids is 1. The van der Waals surface area contributed by atoms with Crippen LogP contribution in [0, 0.1) is 11.3 Å². The molecule has 0 aliphatic carbocycles. The fourth-order valence-electron chi connectivity index (χ4n) is 2.06. The van der Waals surface area contributed by atoms with Crippen LogP contribution in [0.4, 0.5) is 0 Å². The smallest absolute Gasteiger partial charge is 0.303 e. The van der Waals surface area contributed by atoms with Crippen LogP contribution in [0.1, 0.15) is 40.0 Å². The van der Waals surface area contributed by atoms with Crippen LogP contribution in [-0.4, -0.2) is 34.3 Å². The Labute approximate surface area is 101 Å². The van der Waals surface area contributed by atoms with Crippen molar-refractivity contribution in [2.24, 2.45) is 11.3 Å². The third kappa shape index (κ3) is 3.05. The molecule has 1 N–H and O–H groups in total. The van der Waals surface area contributed by atoms with E-state index < -0.39 is 11.4 Å². The first kappa shape index (κ1) is 13.7. The maximum atomic E-state index is 11.9. The van der Waals surface area contributed by atoms with Crippen molar-refractivity contribution >= 4 is 17.8 Å². The summed E-state index contributed by atoms with van der Waals surface area (Å²) in [6.07, 6.45) is 0.854. The Morgan fingerprint density at radius 3 is 2.41 bits per heavy atom. The lowest BCUT2D eigenvalue weighted by molar-refractivity contribution is -0.144. The van der Waals surface area contributed by atoms with Gasteiger partial charge in [0, 0.05) is 19.4 Å². The van der Waals surface area contributed by atoms with Gasteiger partial charge in [0.2, 0.25) is 11.8 Å². The van der Waals surface area contributed by atoms with Crippen molar-refractivity contribution in [3.63, 3.8) is 0 Å². The molecule has 17 heavy (non-hydrogen) atoms. The monoisotopic (exact) mass is 241 g/mol. The summed E-state index contributed by atoms with van der Waals surface area (Å²) in [5.41, 5.74) is -0.640. The minimum Gasteiger partial charge on any atom is -0.481 e. The maximum Gasteiger partial charge on any atom is 0.303 e. The Morgan fingerprint density at radius 1 is 1.47 bits per heavy atom. The molecule has 1 aliphatic rings. The maximum absolute atomic E-state index is 11.9. The molecule has 5 nitrogen and oxygen atoms in total. The van der Waals surface area contributed by atoms with Crippen molar-refractivity contribution < 1.29 is 19.5 Å². The number of imide groups is 1. The summed E-state index contributed by atoms with van der Waals surface area (Å²) in [5, 5.41) is 8.74. The predicted molar refractivity (Wildman–Crippen MR) is 61.2 cm³/mol. The average molecular weight is 241 g/mol. The fraction of sp³-hybridized carbons (Fsp3) is 0.750. The van der Waals surface area contributed by atoms with E-state index in [1.165, 1.54) is 4.90 Å². The van der Waals surface area contributed by atoms with E-state index in [-0.39, 0.29) is 37.1 Å². The van der Waals surface area contributed by atoms with Crippen LogP contribution in [0.3, 0.4) is 0 Å². The normalized spacial score (nSPS) is 20.8. The molecular weight excluding hydrogens is 222 g/mol. The van der Waals surface area contributed by atoms with E-state index in [0.29, 0.717) is 6.42 Å². The number of likely N-dealkylation sites (tertiary alicyclic amines) is 1. The summed E-state index contributed by atoms with van der Waals surface area (Å²) >= 11 is 0. The fourth-order valence-corrected chi connectivity index (χ4v) is 2.06. The highest BCUT2D eigenvalue weighted by Crippen LogP contribution is 2.32.